The van der Waals surface area contributed by atoms with Crippen LogP contribution in [-0.4, -0.2) is 16.7 Å². The average molecular weight is 376 g/mol. The van der Waals surface area contributed by atoms with E-state index in [1.165, 1.54) is 6.21 Å². The molecular weight excluding hydrogens is 361 g/mol. The molecule has 128 valence electrons. The molecule has 3 rings (SSSR count). The smallest absolute Gasteiger partial charge is 0.245 e. The summed E-state index contributed by atoms with van der Waals surface area (Å²) in [7, 11) is 1.89. The molecule has 1 aromatic carbocycles. The fourth-order valence-electron chi connectivity index (χ4n) is 2.31. The van der Waals surface area contributed by atoms with Crippen molar-refractivity contribution in [3.63, 3.8) is 0 Å². The van der Waals surface area contributed by atoms with Crippen LogP contribution in [0.15, 0.2) is 58.2 Å². The fraction of sp³-hybridized carbons (Fsp3) is 0.111. The Kier molecular flexibility index (Phi) is 5.26. The summed E-state index contributed by atoms with van der Waals surface area (Å²) >= 11 is 12.1. The number of hydrogen-bond donors (Lipinski definition) is 1. The summed E-state index contributed by atoms with van der Waals surface area (Å²) in [4.78, 5) is 11.9. The minimum Gasteiger partial charge on any atom is -0.455 e. The van der Waals surface area contributed by atoms with Gasteiger partial charge in [-0.2, -0.15) is 5.10 Å². The number of rotatable bonds is 5. The van der Waals surface area contributed by atoms with Crippen molar-refractivity contribution in [1.82, 2.24) is 9.99 Å². The Balaban J connectivity index is 1.62. The molecule has 0 unspecified atom stereocenters. The number of aryl methyl sites for hydroxylation is 1. The van der Waals surface area contributed by atoms with E-state index >= 15 is 0 Å². The Morgan fingerprint density at radius 3 is 2.84 bits per heavy atom. The first kappa shape index (κ1) is 17.3. The molecule has 2 heterocycles. The summed E-state index contributed by atoms with van der Waals surface area (Å²) < 4.78 is 7.55. The van der Waals surface area contributed by atoms with Crippen LogP contribution in [0.1, 0.15) is 11.5 Å². The van der Waals surface area contributed by atoms with Gasteiger partial charge in [0.1, 0.15) is 11.5 Å². The molecule has 25 heavy (non-hydrogen) atoms. The first-order valence-corrected chi connectivity index (χ1v) is 8.26. The molecule has 0 fully saturated rings. The summed E-state index contributed by atoms with van der Waals surface area (Å²) in [6.07, 6.45) is 3.58. The van der Waals surface area contributed by atoms with Gasteiger partial charge in [-0.1, -0.05) is 23.2 Å². The molecule has 0 aliphatic carbocycles. The second-order valence-electron chi connectivity index (χ2n) is 5.41. The van der Waals surface area contributed by atoms with Gasteiger partial charge < -0.3 is 8.98 Å². The molecule has 0 radical (unpaired) electrons. The van der Waals surface area contributed by atoms with Crippen molar-refractivity contribution in [2.24, 2.45) is 12.1 Å². The third kappa shape index (κ3) is 4.32. The maximum atomic E-state index is 11.9. The molecule has 7 heteroatoms. The highest BCUT2D eigenvalue weighted by Crippen LogP contribution is 2.31. The largest absolute Gasteiger partial charge is 0.455 e. The van der Waals surface area contributed by atoms with Crippen LogP contribution < -0.4 is 5.43 Å². The van der Waals surface area contributed by atoms with E-state index in [4.69, 9.17) is 27.6 Å². The van der Waals surface area contributed by atoms with Crippen LogP contribution in [0.2, 0.25) is 10.0 Å². The van der Waals surface area contributed by atoms with E-state index in [0.29, 0.717) is 21.6 Å². The van der Waals surface area contributed by atoms with Gasteiger partial charge in [0.05, 0.1) is 17.7 Å². The molecule has 0 aliphatic heterocycles. The van der Waals surface area contributed by atoms with Gasteiger partial charge in [-0.3, -0.25) is 4.79 Å². The van der Waals surface area contributed by atoms with Gasteiger partial charge in [0.2, 0.25) is 5.91 Å². The molecule has 1 amide bonds. The number of carbonyl (C=O) groups excluding carboxylic acids is 1. The van der Waals surface area contributed by atoms with Crippen LogP contribution in [0, 0.1) is 0 Å². The molecule has 0 atom stereocenters. The molecule has 0 saturated carbocycles. The molecule has 1 N–H and O–H groups in total. The van der Waals surface area contributed by atoms with Crippen LogP contribution >= 0.6 is 23.2 Å². The molecule has 3 aromatic rings. The third-order valence-corrected chi connectivity index (χ3v) is 4.15. The van der Waals surface area contributed by atoms with Crippen molar-refractivity contribution in [1.29, 1.82) is 0 Å². The summed E-state index contributed by atoms with van der Waals surface area (Å²) in [5.74, 6) is 0.893. The number of benzene rings is 1. The predicted molar refractivity (Wildman–Crippen MR) is 99.0 cm³/mol. The van der Waals surface area contributed by atoms with Gasteiger partial charge >= 0.3 is 0 Å². The number of aromatic nitrogens is 1. The van der Waals surface area contributed by atoms with Crippen LogP contribution in [0.3, 0.4) is 0 Å². The SMILES string of the molecule is Cn1cccc1CC(=O)NN=Cc1ccc(-c2ccc(Cl)cc2Cl)o1. The summed E-state index contributed by atoms with van der Waals surface area (Å²) in [5, 5.41) is 4.97. The van der Waals surface area contributed by atoms with E-state index in [0.717, 1.165) is 11.3 Å². The van der Waals surface area contributed by atoms with Crippen molar-refractivity contribution in [3.05, 3.63) is 70.2 Å². The van der Waals surface area contributed by atoms with Crippen LogP contribution in [0.5, 0.6) is 0 Å². The minimum atomic E-state index is -0.203. The van der Waals surface area contributed by atoms with Gasteiger partial charge in [0.15, 0.2) is 0 Å². The molecule has 0 aliphatic rings. The molecule has 2 aromatic heterocycles. The van der Waals surface area contributed by atoms with E-state index in [1.807, 2.05) is 29.9 Å². The minimum absolute atomic E-state index is 0.203. The first-order valence-electron chi connectivity index (χ1n) is 7.50. The molecule has 0 spiro atoms. The molecule has 5 nitrogen and oxygen atoms in total. The maximum absolute atomic E-state index is 11.9. The second kappa shape index (κ2) is 7.59. The number of carbonyl (C=O) groups is 1. The standard InChI is InChI=1S/C18H15Cl2N3O2/c1-23-8-2-3-13(23)10-18(24)22-21-11-14-5-7-17(25-14)15-6-4-12(19)9-16(15)20/h2-9,11H,10H2,1H3,(H,22,24). The average Bonchev–Trinajstić information content (AvgIpc) is 3.17. The molecule has 0 bridgehead atoms. The van der Waals surface area contributed by atoms with E-state index in [-0.39, 0.29) is 12.3 Å². The summed E-state index contributed by atoms with van der Waals surface area (Å²) in [6, 6.07) is 12.5. The highest BCUT2D eigenvalue weighted by molar-refractivity contribution is 6.36. The predicted octanol–water partition coefficient (Wildman–Crippen LogP) is 4.28. The number of halogens is 2. The Morgan fingerprint density at radius 2 is 2.12 bits per heavy atom. The van der Waals surface area contributed by atoms with Crippen molar-refractivity contribution < 1.29 is 9.21 Å². The number of nitrogens with one attached hydrogen (secondary N) is 1. The number of nitrogens with zero attached hydrogens (tertiary/aromatic N) is 2. The van der Waals surface area contributed by atoms with Crippen LogP contribution in [-0.2, 0) is 18.3 Å². The topological polar surface area (TPSA) is 59.5 Å². The van der Waals surface area contributed by atoms with E-state index < -0.39 is 0 Å². The molecular formula is C18H15Cl2N3O2. The Morgan fingerprint density at radius 1 is 1.28 bits per heavy atom. The van der Waals surface area contributed by atoms with Crippen molar-refractivity contribution in [3.8, 4) is 11.3 Å². The first-order chi connectivity index (χ1) is 12.0. The highest BCUT2D eigenvalue weighted by atomic mass is 35.5. The fourth-order valence-corrected chi connectivity index (χ4v) is 2.81. The number of hydrazone groups is 1. The lowest BCUT2D eigenvalue weighted by Crippen LogP contribution is -2.20. The second-order valence-corrected chi connectivity index (χ2v) is 6.25. The van der Waals surface area contributed by atoms with Crippen molar-refractivity contribution in [2.75, 3.05) is 0 Å². The lowest BCUT2D eigenvalue weighted by Gasteiger charge is -2.02. The van der Waals surface area contributed by atoms with Crippen LogP contribution in [0.25, 0.3) is 11.3 Å². The van der Waals surface area contributed by atoms with Gasteiger partial charge in [0, 0.05) is 29.5 Å². The number of furan rings is 1. The zero-order valence-corrected chi connectivity index (χ0v) is 14.9. The Labute approximate surface area is 154 Å². The Bertz CT molecular complexity index is 928. The third-order valence-electron chi connectivity index (χ3n) is 3.60. The van der Waals surface area contributed by atoms with Gasteiger partial charge in [-0.15, -0.1) is 0 Å². The van der Waals surface area contributed by atoms with Crippen LogP contribution in [0.4, 0.5) is 0 Å². The lowest BCUT2D eigenvalue weighted by atomic mass is 10.2. The highest BCUT2D eigenvalue weighted by Gasteiger charge is 2.09. The quantitative estimate of drug-likeness (QED) is 0.534. The van der Waals surface area contributed by atoms with Gasteiger partial charge in [-0.25, -0.2) is 5.43 Å². The number of hydrogen-bond acceptors (Lipinski definition) is 3. The maximum Gasteiger partial charge on any atom is 0.245 e. The van der Waals surface area contributed by atoms with E-state index in [2.05, 4.69) is 10.5 Å². The zero-order chi connectivity index (χ0) is 17.8. The Hall–Kier alpha value is -2.50. The normalized spacial score (nSPS) is 11.2. The molecule has 0 saturated heterocycles. The lowest BCUT2D eigenvalue weighted by molar-refractivity contribution is -0.120. The van der Waals surface area contributed by atoms with Crippen molar-refractivity contribution in [2.45, 2.75) is 6.42 Å². The van der Waals surface area contributed by atoms with Gasteiger partial charge in [0.25, 0.3) is 0 Å². The zero-order valence-electron chi connectivity index (χ0n) is 13.4. The summed E-state index contributed by atoms with van der Waals surface area (Å²) in [5.41, 5.74) is 4.12. The number of amides is 1. The van der Waals surface area contributed by atoms with E-state index in [9.17, 15) is 4.79 Å². The van der Waals surface area contributed by atoms with E-state index in [1.54, 1.807) is 30.3 Å². The summed E-state index contributed by atoms with van der Waals surface area (Å²) in [6.45, 7) is 0. The van der Waals surface area contributed by atoms with Gasteiger partial charge in [-0.05, 0) is 42.5 Å². The monoisotopic (exact) mass is 375 g/mol. The van der Waals surface area contributed by atoms with Crippen molar-refractivity contribution >= 4 is 35.3 Å².